The fourth-order valence-corrected chi connectivity index (χ4v) is 2.64. The molecular weight excluding hydrogens is 299 g/mol. The van der Waals surface area contributed by atoms with E-state index in [0.717, 1.165) is 31.3 Å². The summed E-state index contributed by atoms with van der Waals surface area (Å²) in [7, 11) is 0. The van der Waals surface area contributed by atoms with Gasteiger partial charge in [0.15, 0.2) is 11.5 Å². The molecule has 1 rings (SSSR count). The maximum absolute atomic E-state index is 15.5. The zero-order valence-electron chi connectivity index (χ0n) is 15.6. The summed E-state index contributed by atoms with van der Waals surface area (Å²) in [4.78, 5) is 12.7. The number of carbonyl (C=O) groups is 1. The molecule has 0 aliphatic rings. The Balaban J connectivity index is 2.83. The number of Topliss-reactive ketones (excluding diaryl/α,β-unsaturated/α-hetero) is 1. The molecule has 2 heteroatoms. The predicted molar refractivity (Wildman–Crippen MR) is 101 cm³/mol. The zero-order chi connectivity index (χ0) is 18.0. The number of halogens is 1. The minimum atomic E-state index is -1.80. The molecule has 24 heavy (non-hydrogen) atoms. The summed E-state index contributed by atoms with van der Waals surface area (Å²) in [6.45, 7) is 8.20. The van der Waals surface area contributed by atoms with Gasteiger partial charge in [0.05, 0.1) is 0 Å². The van der Waals surface area contributed by atoms with Crippen LogP contribution in [0.1, 0.15) is 76.6 Å². The highest BCUT2D eigenvalue weighted by Crippen LogP contribution is 2.30. The smallest absolute Gasteiger partial charge is 0.200 e. The van der Waals surface area contributed by atoms with Crippen LogP contribution in [-0.4, -0.2) is 11.5 Å². The van der Waals surface area contributed by atoms with E-state index in [1.54, 1.807) is 24.3 Å². The number of unbranched alkanes of at least 4 members (excludes halogenated alkanes) is 1. The number of allylic oxidation sites excluding steroid dienone is 4. The maximum atomic E-state index is 15.5. The third kappa shape index (κ3) is 6.82. The third-order valence-corrected chi connectivity index (χ3v) is 4.23. The van der Waals surface area contributed by atoms with E-state index in [1.807, 2.05) is 26.0 Å². The number of hydrogen-bond donors (Lipinski definition) is 0. The van der Waals surface area contributed by atoms with Gasteiger partial charge in [-0.25, -0.2) is 4.39 Å². The Kier molecular flexibility index (Phi) is 8.67. The molecule has 1 nitrogen and oxygen atoms in total. The molecule has 0 heterocycles. The summed E-state index contributed by atoms with van der Waals surface area (Å²) in [5, 5.41) is 0. The fraction of sp³-hybridized carbons (Fsp3) is 0.500. The lowest BCUT2D eigenvalue weighted by atomic mass is 9.86. The van der Waals surface area contributed by atoms with Gasteiger partial charge >= 0.3 is 0 Å². The molecule has 1 aromatic carbocycles. The van der Waals surface area contributed by atoms with Crippen LogP contribution in [0.25, 0.3) is 0 Å². The lowest BCUT2D eigenvalue weighted by Gasteiger charge is -2.23. The lowest BCUT2D eigenvalue weighted by molar-refractivity contribution is 0.0659. The van der Waals surface area contributed by atoms with Crippen LogP contribution in [0.15, 0.2) is 53.6 Å². The zero-order valence-corrected chi connectivity index (χ0v) is 15.6. The van der Waals surface area contributed by atoms with E-state index in [2.05, 4.69) is 19.9 Å². The first-order valence-electron chi connectivity index (χ1n) is 8.97. The Morgan fingerprint density at radius 1 is 1.12 bits per heavy atom. The Hall–Kier alpha value is -1.70. The Labute approximate surface area is 146 Å². The Morgan fingerprint density at radius 2 is 1.79 bits per heavy atom. The molecule has 0 aliphatic carbocycles. The number of ketones is 1. The van der Waals surface area contributed by atoms with Gasteiger partial charge in [-0.05, 0) is 40.0 Å². The Bertz CT molecular complexity index is 567. The van der Waals surface area contributed by atoms with Crippen molar-refractivity contribution in [2.24, 2.45) is 0 Å². The molecule has 0 fully saturated rings. The topological polar surface area (TPSA) is 17.1 Å². The van der Waals surface area contributed by atoms with E-state index in [4.69, 9.17) is 0 Å². The van der Waals surface area contributed by atoms with E-state index < -0.39 is 5.67 Å². The van der Waals surface area contributed by atoms with Crippen molar-refractivity contribution in [3.8, 4) is 0 Å². The van der Waals surface area contributed by atoms with Gasteiger partial charge in [-0.1, -0.05) is 73.4 Å². The molecule has 0 amide bonds. The monoisotopic (exact) mass is 330 g/mol. The molecule has 0 N–H and O–H groups in total. The van der Waals surface area contributed by atoms with Crippen molar-refractivity contribution >= 4 is 5.78 Å². The highest BCUT2D eigenvalue weighted by molar-refractivity contribution is 6.02. The number of benzene rings is 1. The minimum absolute atomic E-state index is 0.168. The van der Waals surface area contributed by atoms with E-state index in [-0.39, 0.29) is 18.6 Å². The normalized spacial score (nSPS) is 14.1. The van der Waals surface area contributed by atoms with Crippen LogP contribution >= 0.6 is 0 Å². The van der Waals surface area contributed by atoms with Gasteiger partial charge in [-0.2, -0.15) is 0 Å². The molecule has 0 spiro atoms. The summed E-state index contributed by atoms with van der Waals surface area (Å²) in [5.41, 5.74) is 1.11. The molecule has 1 aromatic rings. The van der Waals surface area contributed by atoms with Crippen molar-refractivity contribution in [1.29, 1.82) is 0 Å². The van der Waals surface area contributed by atoms with Crippen LogP contribution in [0.5, 0.6) is 0 Å². The number of alkyl halides is 1. The number of rotatable bonds is 10. The molecule has 0 saturated carbocycles. The third-order valence-electron chi connectivity index (χ3n) is 4.23. The molecule has 0 saturated heterocycles. The lowest BCUT2D eigenvalue weighted by Crippen LogP contribution is -2.33. The average molecular weight is 330 g/mol. The average Bonchev–Trinajstić information content (AvgIpc) is 2.58. The van der Waals surface area contributed by atoms with Crippen molar-refractivity contribution in [2.45, 2.75) is 71.9 Å². The van der Waals surface area contributed by atoms with Crippen LogP contribution in [0.3, 0.4) is 0 Å². The highest BCUT2D eigenvalue weighted by Gasteiger charge is 2.37. The van der Waals surface area contributed by atoms with Gasteiger partial charge in [-0.3, -0.25) is 4.79 Å². The summed E-state index contributed by atoms with van der Waals surface area (Å²) in [6, 6.07) is 8.82. The van der Waals surface area contributed by atoms with E-state index in [1.165, 1.54) is 5.57 Å². The van der Waals surface area contributed by atoms with Gasteiger partial charge in [0.2, 0.25) is 0 Å². The second-order valence-corrected chi connectivity index (χ2v) is 6.84. The van der Waals surface area contributed by atoms with Gasteiger partial charge < -0.3 is 0 Å². The number of hydrogen-bond acceptors (Lipinski definition) is 1. The summed E-state index contributed by atoms with van der Waals surface area (Å²) >= 11 is 0. The summed E-state index contributed by atoms with van der Waals surface area (Å²) < 4.78 is 15.5. The standard InChI is InChI=1S/C22H31FO/c1-5-6-16-22(23,21(24)20-13-8-7-9-14-20)17-15-19(4)12-10-11-18(2)3/h7-9,11,13-15H,5-6,10,12,16-17H2,1-4H3/b19-15+. The van der Waals surface area contributed by atoms with Crippen molar-refractivity contribution in [3.63, 3.8) is 0 Å². The minimum Gasteiger partial charge on any atom is -0.291 e. The van der Waals surface area contributed by atoms with Crippen LogP contribution in [0, 0.1) is 0 Å². The largest absolute Gasteiger partial charge is 0.291 e. The fourth-order valence-electron chi connectivity index (χ4n) is 2.64. The maximum Gasteiger partial charge on any atom is 0.200 e. The van der Waals surface area contributed by atoms with Gasteiger partial charge in [0, 0.05) is 12.0 Å². The molecular formula is C22H31FO. The van der Waals surface area contributed by atoms with Gasteiger partial charge in [0.25, 0.3) is 0 Å². The molecule has 1 atom stereocenters. The van der Waals surface area contributed by atoms with E-state index in [0.29, 0.717) is 5.56 Å². The van der Waals surface area contributed by atoms with E-state index in [9.17, 15) is 4.79 Å². The molecule has 132 valence electrons. The second kappa shape index (κ2) is 10.2. The van der Waals surface area contributed by atoms with Crippen molar-refractivity contribution in [1.82, 2.24) is 0 Å². The quantitative estimate of drug-likeness (QED) is 0.338. The molecule has 0 aromatic heterocycles. The predicted octanol–water partition coefficient (Wildman–Crippen LogP) is 6.85. The second-order valence-electron chi connectivity index (χ2n) is 6.84. The van der Waals surface area contributed by atoms with Crippen molar-refractivity contribution in [3.05, 3.63) is 59.2 Å². The molecule has 0 radical (unpaired) electrons. The Morgan fingerprint density at radius 3 is 2.38 bits per heavy atom. The SMILES string of the molecule is CCCCC(F)(C/C=C(\C)CCC=C(C)C)C(=O)c1ccccc1. The van der Waals surface area contributed by atoms with Crippen LogP contribution in [-0.2, 0) is 0 Å². The molecule has 1 unspecified atom stereocenters. The van der Waals surface area contributed by atoms with Crippen LogP contribution in [0.2, 0.25) is 0 Å². The summed E-state index contributed by atoms with van der Waals surface area (Å²) in [5.74, 6) is -0.384. The van der Waals surface area contributed by atoms with Gasteiger partial charge in [-0.15, -0.1) is 0 Å². The number of carbonyl (C=O) groups excluding carboxylic acids is 1. The first-order valence-corrected chi connectivity index (χ1v) is 8.97. The van der Waals surface area contributed by atoms with Crippen molar-refractivity contribution < 1.29 is 9.18 Å². The van der Waals surface area contributed by atoms with Crippen LogP contribution < -0.4 is 0 Å². The first-order chi connectivity index (χ1) is 11.4. The summed E-state index contributed by atoms with van der Waals surface area (Å²) in [6.07, 6.45) is 8.04. The van der Waals surface area contributed by atoms with E-state index >= 15 is 4.39 Å². The molecule has 0 aliphatic heterocycles. The molecule has 0 bridgehead atoms. The van der Waals surface area contributed by atoms with Gasteiger partial charge in [0.1, 0.15) is 0 Å². The van der Waals surface area contributed by atoms with Crippen molar-refractivity contribution in [2.75, 3.05) is 0 Å². The highest BCUT2D eigenvalue weighted by atomic mass is 19.1. The first kappa shape index (κ1) is 20.3. The van der Waals surface area contributed by atoms with Crippen LogP contribution in [0.4, 0.5) is 4.39 Å².